The number of aromatic nitrogens is 2. The second kappa shape index (κ2) is 9.18. The van der Waals surface area contributed by atoms with Crippen molar-refractivity contribution in [3.05, 3.63) is 59.8 Å². The molecule has 0 radical (unpaired) electrons. The standard InChI is InChI=1S/C20H22N2O2.C2H6/c1-14(2)13-22-18-12-16(24-3)9-10-17(18)20(21-22)19(23)11-15-7-5-4-6-8-15;1-2/h4-10,12,14H,11,13H2,1-3H3;1-2H3. The summed E-state index contributed by atoms with van der Waals surface area (Å²) in [5.74, 6) is 1.25. The van der Waals surface area contributed by atoms with Crippen LogP contribution in [0.5, 0.6) is 5.75 Å². The summed E-state index contributed by atoms with van der Waals surface area (Å²) in [5.41, 5.74) is 2.49. The van der Waals surface area contributed by atoms with Crippen LogP contribution in [0.1, 0.15) is 43.7 Å². The second-order valence-electron chi connectivity index (χ2n) is 6.39. The van der Waals surface area contributed by atoms with Gasteiger partial charge in [0.15, 0.2) is 5.78 Å². The molecule has 138 valence electrons. The molecule has 3 rings (SSSR count). The summed E-state index contributed by atoms with van der Waals surface area (Å²) in [5, 5.41) is 5.50. The Morgan fingerprint density at radius 2 is 1.81 bits per heavy atom. The quantitative estimate of drug-likeness (QED) is 0.576. The Balaban J connectivity index is 0.00000117. The predicted octanol–water partition coefficient (Wildman–Crippen LogP) is 5.15. The number of carbonyl (C=O) groups is 1. The first-order valence-corrected chi connectivity index (χ1v) is 9.20. The fourth-order valence-corrected chi connectivity index (χ4v) is 2.84. The highest BCUT2D eigenvalue weighted by molar-refractivity contribution is 6.07. The van der Waals surface area contributed by atoms with E-state index in [1.54, 1.807) is 7.11 Å². The van der Waals surface area contributed by atoms with E-state index < -0.39 is 0 Å². The van der Waals surface area contributed by atoms with E-state index >= 15 is 0 Å². The molecular formula is C22H28N2O2. The van der Waals surface area contributed by atoms with E-state index in [0.717, 1.165) is 28.8 Å². The number of rotatable bonds is 6. The van der Waals surface area contributed by atoms with Gasteiger partial charge in [0.25, 0.3) is 0 Å². The van der Waals surface area contributed by atoms with Crippen LogP contribution in [-0.2, 0) is 13.0 Å². The van der Waals surface area contributed by atoms with Gasteiger partial charge in [0.1, 0.15) is 11.4 Å². The molecule has 0 saturated carbocycles. The van der Waals surface area contributed by atoms with Gasteiger partial charge in [0.2, 0.25) is 0 Å². The molecule has 26 heavy (non-hydrogen) atoms. The van der Waals surface area contributed by atoms with Crippen LogP contribution in [-0.4, -0.2) is 22.7 Å². The van der Waals surface area contributed by atoms with E-state index in [2.05, 4.69) is 18.9 Å². The summed E-state index contributed by atoms with van der Waals surface area (Å²) in [7, 11) is 1.64. The van der Waals surface area contributed by atoms with E-state index in [0.29, 0.717) is 18.0 Å². The molecule has 0 fully saturated rings. The summed E-state index contributed by atoms with van der Waals surface area (Å²) in [4.78, 5) is 12.8. The van der Waals surface area contributed by atoms with Gasteiger partial charge in [-0.2, -0.15) is 5.10 Å². The molecule has 0 atom stereocenters. The number of hydrogen-bond acceptors (Lipinski definition) is 3. The van der Waals surface area contributed by atoms with Crippen molar-refractivity contribution >= 4 is 16.7 Å². The lowest BCUT2D eigenvalue weighted by molar-refractivity contribution is 0.0988. The summed E-state index contributed by atoms with van der Waals surface area (Å²) < 4.78 is 7.24. The monoisotopic (exact) mass is 352 g/mol. The van der Waals surface area contributed by atoms with Crippen molar-refractivity contribution in [3.8, 4) is 5.75 Å². The van der Waals surface area contributed by atoms with E-state index in [1.165, 1.54) is 0 Å². The van der Waals surface area contributed by atoms with Gasteiger partial charge in [0.05, 0.1) is 12.6 Å². The molecule has 0 amide bonds. The summed E-state index contributed by atoms with van der Waals surface area (Å²) in [6.45, 7) is 9.04. The van der Waals surface area contributed by atoms with Crippen LogP contribution in [0, 0.1) is 5.92 Å². The van der Waals surface area contributed by atoms with Gasteiger partial charge in [-0.25, -0.2) is 0 Å². The van der Waals surface area contributed by atoms with E-state index in [1.807, 2.05) is 67.1 Å². The minimum Gasteiger partial charge on any atom is -0.497 e. The van der Waals surface area contributed by atoms with E-state index in [-0.39, 0.29) is 5.78 Å². The van der Waals surface area contributed by atoms with Crippen molar-refractivity contribution in [1.29, 1.82) is 0 Å². The molecule has 0 bridgehead atoms. The predicted molar refractivity (Wildman–Crippen MR) is 107 cm³/mol. The van der Waals surface area contributed by atoms with Crippen molar-refractivity contribution in [2.45, 2.75) is 40.7 Å². The van der Waals surface area contributed by atoms with Crippen molar-refractivity contribution in [2.24, 2.45) is 5.92 Å². The molecule has 0 aliphatic heterocycles. The molecular weight excluding hydrogens is 324 g/mol. The van der Waals surface area contributed by atoms with Gasteiger partial charge in [-0.3, -0.25) is 9.48 Å². The Kier molecular flexibility index (Phi) is 6.96. The maximum atomic E-state index is 12.8. The highest BCUT2D eigenvalue weighted by Crippen LogP contribution is 2.25. The molecule has 0 saturated heterocycles. The Morgan fingerprint density at radius 3 is 2.42 bits per heavy atom. The number of carbonyl (C=O) groups excluding carboxylic acids is 1. The van der Waals surface area contributed by atoms with Gasteiger partial charge in [-0.15, -0.1) is 0 Å². The SMILES string of the molecule is CC.COc1ccc2c(C(=O)Cc3ccccc3)nn(CC(C)C)c2c1. The first-order chi connectivity index (χ1) is 12.6. The lowest BCUT2D eigenvalue weighted by atomic mass is 10.0. The van der Waals surface area contributed by atoms with Crippen LogP contribution < -0.4 is 4.74 Å². The molecule has 2 aromatic carbocycles. The average molecular weight is 352 g/mol. The first-order valence-electron chi connectivity index (χ1n) is 9.20. The molecule has 0 unspecified atom stereocenters. The van der Waals surface area contributed by atoms with Gasteiger partial charge in [-0.1, -0.05) is 58.0 Å². The lowest BCUT2D eigenvalue weighted by Crippen LogP contribution is -2.09. The minimum absolute atomic E-state index is 0.0406. The van der Waals surface area contributed by atoms with Gasteiger partial charge in [-0.05, 0) is 23.6 Å². The number of fused-ring (bicyclic) bond motifs is 1. The molecule has 0 aliphatic carbocycles. The van der Waals surface area contributed by atoms with Crippen LogP contribution in [0.25, 0.3) is 10.9 Å². The largest absolute Gasteiger partial charge is 0.497 e. The smallest absolute Gasteiger partial charge is 0.188 e. The highest BCUT2D eigenvalue weighted by atomic mass is 16.5. The number of hydrogen-bond donors (Lipinski definition) is 0. The summed E-state index contributed by atoms with van der Waals surface area (Å²) in [6.07, 6.45) is 0.362. The zero-order valence-corrected chi connectivity index (χ0v) is 16.3. The zero-order valence-electron chi connectivity index (χ0n) is 16.3. The van der Waals surface area contributed by atoms with Crippen LogP contribution >= 0.6 is 0 Å². The fourth-order valence-electron chi connectivity index (χ4n) is 2.84. The molecule has 1 aromatic heterocycles. The van der Waals surface area contributed by atoms with Crippen LogP contribution in [0.3, 0.4) is 0 Å². The highest BCUT2D eigenvalue weighted by Gasteiger charge is 2.18. The maximum Gasteiger partial charge on any atom is 0.188 e. The van der Waals surface area contributed by atoms with E-state index in [9.17, 15) is 4.79 Å². The third-order valence-corrected chi connectivity index (χ3v) is 3.97. The lowest BCUT2D eigenvalue weighted by Gasteiger charge is -2.07. The third kappa shape index (κ3) is 4.51. The topological polar surface area (TPSA) is 44.1 Å². The second-order valence-corrected chi connectivity index (χ2v) is 6.39. The van der Waals surface area contributed by atoms with Gasteiger partial charge < -0.3 is 4.74 Å². The number of nitrogens with zero attached hydrogens (tertiary/aromatic N) is 2. The molecule has 4 nitrogen and oxygen atoms in total. The van der Waals surface area contributed by atoms with Crippen molar-refractivity contribution in [2.75, 3.05) is 7.11 Å². The van der Waals surface area contributed by atoms with Crippen molar-refractivity contribution in [3.63, 3.8) is 0 Å². The molecule has 3 aromatic rings. The summed E-state index contributed by atoms with van der Waals surface area (Å²) in [6, 6.07) is 15.5. The molecule has 4 heteroatoms. The Hall–Kier alpha value is -2.62. The number of benzene rings is 2. The number of Topliss-reactive ketones (excluding diaryl/α,β-unsaturated/α-hetero) is 1. The van der Waals surface area contributed by atoms with E-state index in [4.69, 9.17) is 4.74 Å². The molecule has 0 N–H and O–H groups in total. The van der Waals surface area contributed by atoms with Gasteiger partial charge in [0, 0.05) is 24.4 Å². The Morgan fingerprint density at radius 1 is 1.12 bits per heavy atom. The number of ether oxygens (including phenoxy) is 1. The first kappa shape index (κ1) is 19.7. The normalized spacial score (nSPS) is 10.5. The Bertz CT molecular complexity index is 851. The molecule has 1 heterocycles. The van der Waals surface area contributed by atoms with Crippen molar-refractivity contribution < 1.29 is 9.53 Å². The number of methoxy groups -OCH3 is 1. The zero-order chi connectivity index (χ0) is 19.1. The van der Waals surface area contributed by atoms with Crippen LogP contribution in [0.4, 0.5) is 0 Å². The Labute approximate surface area is 155 Å². The number of ketones is 1. The fraction of sp³-hybridized carbons (Fsp3) is 0.364. The summed E-state index contributed by atoms with van der Waals surface area (Å²) >= 11 is 0. The van der Waals surface area contributed by atoms with Crippen molar-refractivity contribution in [1.82, 2.24) is 9.78 Å². The van der Waals surface area contributed by atoms with Crippen LogP contribution in [0.15, 0.2) is 48.5 Å². The van der Waals surface area contributed by atoms with Gasteiger partial charge >= 0.3 is 0 Å². The minimum atomic E-state index is 0.0406. The molecule has 0 spiro atoms. The maximum absolute atomic E-state index is 12.8. The third-order valence-electron chi connectivity index (χ3n) is 3.97. The van der Waals surface area contributed by atoms with Crippen LogP contribution in [0.2, 0.25) is 0 Å². The average Bonchev–Trinajstić information content (AvgIpc) is 3.01. The molecule has 0 aliphatic rings.